The number of nitrogens with zero attached hydrogens (tertiary/aromatic N) is 2. The van der Waals surface area contributed by atoms with Crippen LogP contribution in [0.5, 0.6) is 0 Å². The molecule has 2 rings (SSSR count). The van der Waals surface area contributed by atoms with Crippen LogP contribution in [0.15, 0.2) is 21.9 Å². The number of esters is 2. The molecule has 0 radical (unpaired) electrons. The zero-order chi connectivity index (χ0) is 21.8. The smallest absolute Gasteiger partial charge is 0.336 e. The van der Waals surface area contributed by atoms with Crippen molar-refractivity contribution in [1.82, 2.24) is 9.13 Å². The Balaban J connectivity index is 2.16. The van der Waals surface area contributed by atoms with E-state index in [1.807, 2.05) is 0 Å². The molecule has 0 spiro atoms. The molecule has 1 aliphatic rings. The van der Waals surface area contributed by atoms with Crippen molar-refractivity contribution < 1.29 is 38.4 Å². The first-order valence-corrected chi connectivity index (χ1v) is 8.90. The third-order valence-corrected chi connectivity index (χ3v) is 4.44. The molecule has 1 saturated heterocycles. The van der Waals surface area contributed by atoms with Gasteiger partial charge in [-0.1, -0.05) is 0 Å². The van der Waals surface area contributed by atoms with Gasteiger partial charge in [0.25, 0.3) is 5.56 Å². The van der Waals surface area contributed by atoms with Gasteiger partial charge in [-0.15, -0.1) is 0 Å². The van der Waals surface area contributed by atoms with E-state index < -0.39 is 60.6 Å². The Morgan fingerprint density at radius 2 is 1.90 bits per heavy atom. The number of rotatable bonds is 8. The summed E-state index contributed by atoms with van der Waals surface area (Å²) in [5.41, 5.74) is -4.30. The molecule has 1 fully saturated rings. The zero-order valence-electron chi connectivity index (χ0n) is 15.9. The van der Waals surface area contributed by atoms with Crippen LogP contribution in [0, 0.1) is 0 Å². The van der Waals surface area contributed by atoms with Crippen LogP contribution < -0.4 is 11.2 Å². The van der Waals surface area contributed by atoms with E-state index in [9.17, 15) is 33.8 Å². The first-order valence-electron chi connectivity index (χ1n) is 8.90. The number of halogens is 1. The van der Waals surface area contributed by atoms with Crippen molar-refractivity contribution in [1.29, 1.82) is 0 Å². The summed E-state index contributed by atoms with van der Waals surface area (Å²) >= 11 is 0. The molecular weight excluding hydrogens is 395 g/mol. The van der Waals surface area contributed by atoms with Crippen LogP contribution in [0.4, 0.5) is 4.39 Å². The van der Waals surface area contributed by atoms with Gasteiger partial charge in [0.2, 0.25) is 0 Å². The highest BCUT2D eigenvalue weighted by Crippen LogP contribution is 2.40. The van der Waals surface area contributed by atoms with Crippen LogP contribution in [-0.2, 0) is 30.5 Å². The van der Waals surface area contributed by atoms with E-state index in [1.165, 1.54) is 0 Å². The number of aliphatic hydroxyl groups excluding tert-OH is 2. The SMILES string of the molecule is CCOC(=O)CCC(=O)OCn1c(=O)ccn([C@@H]2O[C@H](CO)[C@@H](O)[C@@]2(C)F)c1=O. The molecule has 1 aliphatic heterocycles. The number of hydrogen-bond acceptors (Lipinski definition) is 9. The molecule has 162 valence electrons. The van der Waals surface area contributed by atoms with Crippen LogP contribution in [0.2, 0.25) is 0 Å². The Hall–Kier alpha value is -2.57. The number of carbonyl (C=O) groups is 2. The molecule has 11 nitrogen and oxygen atoms in total. The standard InChI is InChI=1S/C17H23FN2O9/c1-3-27-12(23)4-5-13(24)28-9-20-11(22)6-7-19(16(20)26)15-17(2,18)14(25)10(8-21)29-15/h6-7,10,14-15,21,25H,3-5,8-9H2,1-2H3/t10-,14-,15-,17-/m1/s1. The molecule has 0 saturated carbocycles. The lowest BCUT2D eigenvalue weighted by molar-refractivity contribution is -0.152. The van der Waals surface area contributed by atoms with Crippen molar-refractivity contribution in [2.24, 2.45) is 0 Å². The maximum atomic E-state index is 14.9. The van der Waals surface area contributed by atoms with Gasteiger partial charge >= 0.3 is 17.6 Å². The van der Waals surface area contributed by atoms with Crippen LogP contribution >= 0.6 is 0 Å². The van der Waals surface area contributed by atoms with Crippen LogP contribution in [-0.4, -0.2) is 62.4 Å². The minimum absolute atomic E-state index is 0.162. The highest BCUT2D eigenvalue weighted by Gasteiger charge is 2.55. The molecule has 2 N–H and O–H groups in total. The fourth-order valence-corrected chi connectivity index (χ4v) is 2.84. The van der Waals surface area contributed by atoms with E-state index in [4.69, 9.17) is 9.47 Å². The maximum Gasteiger partial charge on any atom is 0.336 e. The molecule has 0 aromatic carbocycles. The second-order valence-corrected chi connectivity index (χ2v) is 6.53. The van der Waals surface area contributed by atoms with E-state index in [0.29, 0.717) is 4.57 Å². The Bertz CT molecular complexity index is 863. The molecule has 0 unspecified atom stereocenters. The highest BCUT2D eigenvalue weighted by molar-refractivity contribution is 5.77. The molecule has 1 aromatic rings. The van der Waals surface area contributed by atoms with Gasteiger partial charge in [0.05, 0.1) is 26.1 Å². The predicted molar refractivity (Wildman–Crippen MR) is 93.4 cm³/mol. The number of ether oxygens (including phenoxy) is 3. The Morgan fingerprint density at radius 3 is 2.45 bits per heavy atom. The summed E-state index contributed by atoms with van der Waals surface area (Å²) in [5.74, 6) is -1.44. The predicted octanol–water partition coefficient (Wildman–Crippen LogP) is -1.17. The number of carbonyl (C=O) groups excluding carboxylic acids is 2. The van der Waals surface area contributed by atoms with Gasteiger partial charge in [0.1, 0.15) is 12.2 Å². The van der Waals surface area contributed by atoms with Gasteiger partial charge in [-0.05, 0) is 13.8 Å². The van der Waals surface area contributed by atoms with Gasteiger partial charge in [-0.2, -0.15) is 0 Å². The van der Waals surface area contributed by atoms with E-state index in [-0.39, 0.29) is 19.4 Å². The highest BCUT2D eigenvalue weighted by atomic mass is 19.1. The van der Waals surface area contributed by atoms with Gasteiger partial charge < -0.3 is 24.4 Å². The molecular formula is C17H23FN2O9. The minimum atomic E-state index is -2.43. The molecule has 12 heteroatoms. The van der Waals surface area contributed by atoms with Crippen molar-refractivity contribution >= 4 is 11.9 Å². The Kier molecular flexibility index (Phi) is 7.27. The summed E-state index contributed by atoms with van der Waals surface area (Å²) in [4.78, 5) is 47.5. The number of aromatic nitrogens is 2. The zero-order valence-corrected chi connectivity index (χ0v) is 15.9. The summed E-state index contributed by atoms with van der Waals surface area (Å²) in [6.07, 6.45) is -4.13. The van der Waals surface area contributed by atoms with Crippen molar-refractivity contribution in [3.8, 4) is 0 Å². The van der Waals surface area contributed by atoms with Crippen LogP contribution in [0.25, 0.3) is 0 Å². The summed E-state index contributed by atoms with van der Waals surface area (Å²) in [7, 11) is 0. The van der Waals surface area contributed by atoms with Gasteiger partial charge in [0.15, 0.2) is 18.6 Å². The normalized spacial score (nSPS) is 26.3. The third kappa shape index (κ3) is 4.89. The van der Waals surface area contributed by atoms with E-state index >= 15 is 0 Å². The van der Waals surface area contributed by atoms with Gasteiger partial charge in [-0.3, -0.25) is 19.0 Å². The molecule has 0 aliphatic carbocycles. The lowest BCUT2D eigenvalue weighted by Crippen LogP contribution is -2.46. The van der Waals surface area contributed by atoms with Gasteiger partial charge in [0, 0.05) is 12.3 Å². The first kappa shape index (κ1) is 22.7. The molecule has 4 atom stereocenters. The molecule has 0 amide bonds. The fraction of sp³-hybridized carbons (Fsp3) is 0.647. The lowest BCUT2D eigenvalue weighted by atomic mass is 9.98. The van der Waals surface area contributed by atoms with Crippen LogP contribution in [0.1, 0.15) is 32.9 Å². The van der Waals surface area contributed by atoms with E-state index in [2.05, 4.69) is 4.74 Å². The summed E-state index contributed by atoms with van der Waals surface area (Å²) in [6, 6.07) is 0.936. The monoisotopic (exact) mass is 418 g/mol. The van der Waals surface area contributed by atoms with Crippen molar-refractivity contribution in [3.63, 3.8) is 0 Å². The fourth-order valence-electron chi connectivity index (χ4n) is 2.84. The van der Waals surface area contributed by atoms with Crippen molar-refractivity contribution in [2.75, 3.05) is 13.2 Å². The second-order valence-electron chi connectivity index (χ2n) is 6.53. The quantitative estimate of drug-likeness (QED) is 0.499. The topological polar surface area (TPSA) is 146 Å². The summed E-state index contributed by atoms with van der Waals surface area (Å²) in [6.45, 7) is 1.33. The molecule has 29 heavy (non-hydrogen) atoms. The average molecular weight is 418 g/mol. The van der Waals surface area contributed by atoms with E-state index in [0.717, 1.165) is 23.8 Å². The van der Waals surface area contributed by atoms with Crippen molar-refractivity contribution in [2.45, 2.75) is 57.5 Å². The minimum Gasteiger partial charge on any atom is -0.466 e. The number of alkyl halides is 1. The lowest BCUT2D eigenvalue weighted by Gasteiger charge is -2.25. The maximum absolute atomic E-state index is 14.9. The Morgan fingerprint density at radius 1 is 1.28 bits per heavy atom. The summed E-state index contributed by atoms with van der Waals surface area (Å²) in [5, 5.41) is 19.1. The first-order chi connectivity index (χ1) is 13.6. The van der Waals surface area contributed by atoms with E-state index in [1.54, 1.807) is 6.92 Å². The molecule has 0 bridgehead atoms. The Labute approximate surface area is 164 Å². The number of hydrogen-bond donors (Lipinski definition) is 2. The van der Waals surface area contributed by atoms with Crippen molar-refractivity contribution in [3.05, 3.63) is 33.1 Å². The molecule has 1 aromatic heterocycles. The summed E-state index contributed by atoms with van der Waals surface area (Å²) < 4.78 is 30.9. The molecule has 2 heterocycles. The van der Waals surface area contributed by atoms with Gasteiger partial charge in [-0.25, -0.2) is 13.8 Å². The van der Waals surface area contributed by atoms with Crippen LogP contribution in [0.3, 0.4) is 0 Å². The number of aliphatic hydroxyl groups is 2. The average Bonchev–Trinajstić information content (AvgIpc) is 2.89. The largest absolute Gasteiger partial charge is 0.466 e. The third-order valence-electron chi connectivity index (χ3n) is 4.44. The second kappa shape index (κ2) is 9.29.